The van der Waals surface area contributed by atoms with Gasteiger partial charge in [0.25, 0.3) is 0 Å². The first-order valence-corrected chi connectivity index (χ1v) is 23.9. The number of hydrogen-bond acceptors (Lipinski definition) is 2. The van der Waals surface area contributed by atoms with Gasteiger partial charge in [-0.2, -0.15) is 0 Å². The molecule has 57 heavy (non-hydrogen) atoms. The van der Waals surface area contributed by atoms with Gasteiger partial charge in [0.15, 0.2) is 0 Å². The Labute approximate surface area is 351 Å². The van der Waals surface area contributed by atoms with E-state index in [4.69, 9.17) is 11.5 Å². The molecular weight excluding hydrogens is 689 g/mol. The standard InChI is InChI=1S/C55H82N2/c1-3-5-7-9-20-24-28-50-42-46(30-36-52(50)44-48-32-38-54(56)39-33-48)26-22-18-16-14-12-11-13-15-17-19-23-27-47-31-37-53(45-49-34-40-55(57)41-35-49)51(43-47)29-25-21-10-8-6-4-2/h30-43H,3-29,44-45,56-57H2,1-2H3. The zero-order valence-electron chi connectivity index (χ0n) is 36.7. The third-order valence-corrected chi connectivity index (χ3v) is 12.3. The van der Waals surface area contributed by atoms with Crippen molar-refractivity contribution in [1.82, 2.24) is 0 Å². The number of benzene rings is 4. The first-order chi connectivity index (χ1) is 28.0. The largest absolute Gasteiger partial charge is 0.399 e. The van der Waals surface area contributed by atoms with E-state index in [1.54, 1.807) is 11.1 Å². The molecule has 0 heterocycles. The van der Waals surface area contributed by atoms with Gasteiger partial charge in [-0.15, -0.1) is 0 Å². The van der Waals surface area contributed by atoms with Gasteiger partial charge in [-0.05, 0) is 133 Å². The molecule has 0 spiro atoms. The van der Waals surface area contributed by atoms with Gasteiger partial charge in [0.05, 0.1) is 0 Å². The summed E-state index contributed by atoms with van der Waals surface area (Å²) in [6.45, 7) is 4.60. The highest BCUT2D eigenvalue weighted by atomic mass is 14.5. The minimum Gasteiger partial charge on any atom is -0.399 e. The van der Waals surface area contributed by atoms with Crippen LogP contribution in [0.2, 0.25) is 0 Å². The Morgan fingerprint density at radius 3 is 0.895 bits per heavy atom. The minimum absolute atomic E-state index is 0.847. The molecule has 0 bridgehead atoms. The maximum Gasteiger partial charge on any atom is 0.0314 e. The Morgan fingerprint density at radius 2 is 0.561 bits per heavy atom. The molecule has 0 aliphatic heterocycles. The van der Waals surface area contributed by atoms with Crippen LogP contribution in [0.1, 0.15) is 206 Å². The van der Waals surface area contributed by atoms with E-state index in [1.165, 1.54) is 207 Å². The van der Waals surface area contributed by atoms with Crippen LogP contribution in [0.3, 0.4) is 0 Å². The number of nitrogen functional groups attached to an aromatic ring is 2. The van der Waals surface area contributed by atoms with Crippen molar-refractivity contribution in [3.63, 3.8) is 0 Å². The SMILES string of the molecule is CCCCCCCCc1cc(CCCCCCCCCCCCCc2ccc(Cc3ccc(N)cc3)c(CCCCCCCC)c2)ccc1Cc1ccc(N)cc1. The lowest BCUT2D eigenvalue weighted by Gasteiger charge is -2.13. The minimum atomic E-state index is 0.847. The molecule has 0 saturated carbocycles. The molecule has 0 amide bonds. The molecular formula is C55H82N2. The predicted molar refractivity (Wildman–Crippen MR) is 253 cm³/mol. The van der Waals surface area contributed by atoms with Crippen LogP contribution in [0, 0.1) is 0 Å². The van der Waals surface area contributed by atoms with Crippen LogP contribution in [0.5, 0.6) is 0 Å². The van der Waals surface area contributed by atoms with Gasteiger partial charge in [-0.3, -0.25) is 0 Å². The summed E-state index contributed by atoms with van der Waals surface area (Å²) < 4.78 is 0. The van der Waals surface area contributed by atoms with Crippen molar-refractivity contribution < 1.29 is 0 Å². The first kappa shape index (κ1) is 46.2. The second-order valence-corrected chi connectivity index (χ2v) is 17.5. The third-order valence-electron chi connectivity index (χ3n) is 12.3. The Balaban J connectivity index is 1.08. The maximum absolute atomic E-state index is 5.96. The van der Waals surface area contributed by atoms with Crippen molar-refractivity contribution in [1.29, 1.82) is 0 Å². The number of nitrogens with two attached hydrogens (primary N) is 2. The molecule has 0 aromatic heterocycles. The lowest BCUT2D eigenvalue weighted by molar-refractivity contribution is 0.545. The predicted octanol–water partition coefficient (Wildman–Crippen LogP) is 15.9. The quantitative estimate of drug-likeness (QED) is 0.0384. The van der Waals surface area contributed by atoms with Crippen LogP contribution in [0.25, 0.3) is 0 Å². The number of hydrogen-bond donors (Lipinski definition) is 2. The fourth-order valence-electron chi connectivity index (χ4n) is 8.63. The van der Waals surface area contributed by atoms with E-state index in [2.05, 4.69) is 74.5 Å². The van der Waals surface area contributed by atoms with Crippen LogP contribution < -0.4 is 11.5 Å². The normalized spacial score (nSPS) is 11.4. The van der Waals surface area contributed by atoms with E-state index in [0.29, 0.717) is 0 Å². The van der Waals surface area contributed by atoms with Crippen molar-refractivity contribution in [2.24, 2.45) is 0 Å². The van der Waals surface area contributed by atoms with E-state index in [0.717, 1.165) is 24.2 Å². The average Bonchev–Trinajstić information content (AvgIpc) is 3.22. The molecule has 4 rings (SSSR count). The monoisotopic (exact) mass is 771 g/mol. The van der Waals surface area contributed by atoms with Crippen molar-refractivity contribution >= 4 is 11.4 Å². The summed E-state index contributed by atoms with van der Waals surface area (Å²) >= 11 is 0. The highest BCUT2D eigenvalue weighted by molar-refractivity contribution is 5.43. The molecule has 0 unspecified atom stereocenters. The van der Waals surface area contributed by atoms with Crippen molar-refractivity contribution in [2.45, 2.75) is 200 Å². The first-order valence-electron chi connectivity index (χ1n) is 23.9. The summed E-state index contributed by atoms with van der Waals surface area (Å²) in [7, 11) is 0. The summed E-state index contributed by atoms with van der Waals surface area (Å²) in [5.74, 6) is 0. The van der Waals surface area contributed by atoms with Crippen LogP contribution in [0.15, 0.2) is 84.9 Å². The maximum atomic E-state index is 5.96. The van der Waals surface area contributed by atoms with E-state index < -0.39 is 0 Å². The van der Waals surface area contributed by atoms with E-state index >= 15 is 0 Å². The fourth-order valence-corrected chi connectivity index (χ4v) is 8.63. The molecule has 0 aliphatic carbocycles. The van der Waals surface area contributed by atoms with Gasteiger partial charge >= 0.3 is 0 Å². The van der Waals surface area contributed by atoms with Gasteiger partial charge < -0.3 is 11.5 Å². The Morgan fingerprint density at radius 1 is 0.281 bits per heavy atom. The molecule has 2 heteroatoms. The highest BCUT2D eigenvalue weighted by Crippen LogP contribution is 2.24. The second-order valence-electron chi connectivity index (χ2n) is 17.5. The molecule has 0 radical (unpaired) electrons. The lowest BCUT2D eigenvalue weighted by atomic mass is 9.92. The number of unbranched alkanes of at least 4 members (excludes halogenated alkanes) is 20. The van der Waals surface area contributed by atoms with Gasteiger partial charge in [-0.25, -0.2) is 0 Å². The molecule has 0 fully saturated rings. The van der Waals surface area contributed by atoms with E-state index in [9.17, 15) is 0 Å². The van der Waals surface area contributed by atoms with E-state index in [-0.39, 0.29) is 0 Å². The summed E-state index contributed by atoms with van der Waals surface area (Å²) in [6, 6.07) is 31.7. The van der Waals surface area contributed by atoms with Crippen LogP contribution in [0.4, 0.5) is 11.4 Å². The topological polar surface area (TPSA) is 52.0 Å². The van der Waals surface area contributed by atoms with Gasteiger partial charge in [0.1, 0.15) is 0 Å². The second kappa shape index (κ2) is 28.8. The van der Waals surface area contributed by atoms with Crippen LogP contribution in [-0.2, 0) is 38.5 Å². The summed E-state index contributed by atoms with van der Waals surface area (Å²) in [4.78, 5) is 0. The Hall–Kier alpha value is -3.52. The molecule has 312 valence electrons. The fraction of sp³-hybridized carbons (Fsp3) is 0.564. The summed E-state index contributed by atoms with van der Waals surface area (Å²) in [5.41, 5.74) is 25.6. The van der Waals surface area contributed by atoms with Crippen molar-refractivity contribution in [3.8, 4) is 0 Å². The molecule has 0 aliphatic rings. The average molecular weight is 771 g/mol. The molecule has 4 aromatic carbocycles. The van der Waals surface area contributed by atoms with Crippen LogP contribution in [-0.4, -0.2) is 0 Å². The summed E-state index contributed by atoms with van der Waals surface area (Å²) in [6.07, 6.45) is 38.3. The summed E-state index contributed by atoms with van der Waals surface area (Å²) in [5, 5.41) is 0. The van der Waals surface area contributed by atoms with Gasteiger partial charge in [-0.1, -0.05) is 197 Å². The molecule has 0 saturated heterocycles. The number of aryl methyl sites for hydroxylation is 4. The van der Waals surface area contributed by atoms with Crippen molar-refractivity contribution in [3.05, 3.63) is 129 Å². The zero-order chi connectivity index (χ0) is 40.2. The number of anilines is 2. The molecule has 0 atom stereocenters. The van der Waals surface area contributed by atoms with E-state index in [1.807, 2.05) is 24.3 Å². The number of rotatable bonds is 32. The Bertz CT molecular complexity index is 1480. The smallest absolute Gasteiger partial charge is 0.0314 e. The zero-order valence-corrected chi connectivity index (χ0v) is 36.7. The third kappa shape index (κ3) is 19.7. The highest BCUT2D eigenvalue weighted by Gasteiger charge is 2.09. The van der Waals surface area contributed by atoms with Crippen molar-refractivity contribution in [2.75, 3.05) is 11.5 Å². The van der Waals surface area contributed by atoms with Crippen LogP contribution >= 0.6 is 0 Å². The van der Waals surface area contributed by atoms with Gasteiger partial charge in [0.2, 0.25) is 0 Å². The molecule has 4 N–H and O–H groups in total. The van der Waals surface area contributed by atoms with Gasteiger partial charge in [0, 0.05) is 11.4 Å². The lowest BCUT2D eigenvalue weighted by Crippen LogP contribution is -1.99. The molecule has 2 nitrogen and oxygen atoms in total. The molecule has 4 aromatic rings. The Kier molecular flexibility index (Phi) is 23.3.